The lowest BCUT2D eigenvalue weighted by atomic mass is 10.1. The van der Waals surface area contributed by atoms with Crippen LogP contribution in [-0.2, 0) is 0 Å². The number of aromatic nitrogens is 1. The standard InChI is InChI=1S/C11H15N5O/c1-8(3-5-12)16(2)11(17)9-7-14-6-4-10(9)15-13/h4,6-8H,3,13H2,1-2H3,(H,14,15). The maximum Gasteiger partial charge on any atom is 0.257 e. The first-order chi connectivity index (χ1) is 8.11. The highest BCUT2D eigenvalue weighted by Crippen LogP contribution is 2.15. The van der Waals surface area contributed by atoms with Gasteiger partial charge in [0.1, 0.15) is 0 Å². The van der Waals surface area contributed by atoms with E-state index in [1.54, 1.807) is 19.3 Å². The van der Waals surface area contributed by atoms with Gasteiger partial charge in [-0.25, -0.2) is 0 Å². The van der Waals surface area contributed by atoms with Crippen LogP contribution in [0.15, 0.2) is 18.5 Å². The Balaban J connectivity index is 2.93. The van der Waals surface area contributed by atoms with Gasteiger partial charge in [-0.2, -0.15) is 5.26 Å². The molecule has 0 aromatic carbocycles. The van der Waals surface area contributed by atoms with Crippen LogP contribution in [0.2, 0.25) is 0 Å². The molecule has 17 heavy (non-hydrogen) atoms. The molecule has 6 nitrogen and oxygen atoms in total. The molecule has 0 aliphatic rings. The van der Waals surface area contributed by atoms with Gasteiger partial charge in [0.05, 0.1) is 23.7 Å². The van der Waals surface area contributed by atoms with E-state index in [1.807, 2.05) is 13.0 Å². The first-order valence-electron chi connectivity index (χ1n) is 5.16. The van der Waals surface area contributed by atoms with E-state index in [2.05, 4.69) is 10.4 Å². The minimum absolute atomic E-state index is 0.154. The van der Waals surface area contributed by atoms with Gasteiger partial charge in [-0.15, -0.1) is 0 Å². The average molecular weight is 233 g/mol. The zero-order valence-electron chi connectivity index (χ0n) is 9.84. The predicted molar refractivity (Wildman–Crippen MR) is 63.8 cm³/mol. The number of nitrogens with zero attached hydrogens (tertiary/aromatic N) is 3. The molecule has 1 aromatic rings. The topological polar surface area (TPSA) is 95.0 Å². The highest BCUT2D eigenvalue weighted by Gasteiger charge is 2.19. The van der Waals surface area contributed by atoms with Crippen LogP contribution in [0.1, 0.15) is 23.7 Å². The van der Waals surface area contributed by atoms with Crippen molar-refractivity contribution in [2.75, 3.05) is 12.5 Å². The zero-order valence-corrected chi connectivity index (χ0v) is 9.84. The van der Waals surface area contributed by atoms with Crippen molar-refractivity contribution in [3.05, 3.63) is 24.0 Å². The first-order valence-corrected chi connectivity index (χ1v) is 5.16. The molecule has 0 spiro atoms. The number of hydrogen-bond donors (Lipinski definition) is 2. The Kier molecular flexibility index (Phi) is 4.43. The summed E-state index contributed by atoms with van der Waals surface area (Å²) < 4.78 is 0. The van der Waals surface area contributed by atoms with Crippen molar-refractivity contribution in [2.24, 2.45) is 5.84 Å². The van der Waals surface area contributed by atoms with Gasteiger partial charge < -0.3 is 10.3 Å². The van der Waals surface area contributed by atoms with Crippen LogP contribution in [0.5, 0.6) is 0 Å². The van der Waals surface area contributed by atoms with E-state index in [1.165, 1.54) is 11.1 Å². The zero-order chi connectivity index (χ0) is 12.8. The molecular weight excluding hydrogens is 218 g/mol. The number of carbonyl (C=O) groups is 1. The Morgan fingerprint density at radius 3 is 3.06 bits per heavy atom. The second-order valence-corrected chi connectivity index (χ2v) is 3.69. The molecule has 0 saturated heterocycles. The molecular formula is C11H15N5O. The van der Waals surface area contributed by atoms with Crippen molar-refractivity contribution in [3.8, 4) is 6.07 Å². The van der Waals surface area contributed by atoms with Gasteiger partial charge in [0, 0.05) is 25.5 Å². The van der Waals surface area contributed by atoms with Crippen LogP contribution in [-0.4, -0.2) is 28.9 Å². The minimum atomic E-state index is -0.214. The summed E-state index contributed by atoms with van der Waals surface area (Å²) in [6, 6.07) is 3.50. The third-order valence-corrected chi connectivity index (χ3v) is 2.58. The SMILES string of the molecule is CC(CC#N)N(C)C(=O)c1cnccc1NN. The summed E-state index contributed by atoms with van der Waals surface area (Å²) in [5.74, 6) is 5.11. The van der Waals surface area contributed by atoms with E-state index in [0.29, 0.717) is 11.3 Å². The van der Waals surface area contributed by atoms with Crippen molar-refractivity contribution in [1.29, 1.82) is 5.26 Å². The maximum atomic E-state index is 12.1. The molecule has 0 saturated carbocycles. The number of carbonyl (C=O) groups excluding carboxylic acids is 1. The molecule has 1 heterocycles. The fraction of sp³-hybridized carbons (Fsp3) is 0.364. The van der Waals surface area contributed by atoms with Crippen molar-refractivity contribution < 1.29 is 4.79 Å². The molecule has 0 radical (unpaired) electrons. The third kappa shape index (κ3) is 2.92. The van der Waals surface area contributed by atoms with Crippen molar-refractivity contribution in [1.82, 2.24) is 9.88 Å². The summed E-state index contributed by atoms with van der Waals surface area (Å²) in [4.78, 5) is 17.5. The quantitative estimate of drug-likeness (QED) is 0.590. The molecule has 1 amide bonds. The van der Waals surface area contributed by atoms with Gasteiger partial charge in [0.15, 0.2) is 0 Å². The number of amides is 1. The molecule has 6 heteroatoms. The van der Waals surface area contributed by atoms with Crippen LogP contribution in [0.3, 0.4) is 0 Å². The van der Waals surface area contributed by atoms with E-state index >= 15 is 0 Å². The van der Waals surface area contributed by atoms with E-state index < -0.39 is 0 Å². The number of pyridine rings is 1. The molecule has 1 unspecified atom stereocenters. The lowest BCUT2D eigenvalue weighted by molar-refractivity contribution is 0.0747. The monoisotopic (exact) mass is 233 g/mol. The fourth-order valence-electron chi connectivity index (χ4n) is 1.35. The van der Waals surface area contributed by atoms with Gasteiger partial charge in [-0.3, -0.25) is 15.6 Å². The smallest absolute Gasteiger partial charge is 0.257 e. The number of nitriles is 1. The lowest BCUT2D eigenvalue weighted by Crippen LogP contribution is -2.35. The molecule has 1 rings (SSSR count). The Morgan fingerprint density at radius 2 is 2.47 bits per heavy atom. The number of nitrogen functional groups attached to an aromatic ring is 1. The Labute approximate surface area is 100 Å². The number of anilines is 1. The summed E-state index contributed by atoms with van der Waals surface area (Å²) in [5, 5.41) is 8.61. The van der Waals surface area contributed by atoms with Crippen molar-refractivity contribution in [2.45, 2.75) is 19.4 Å². The number of hydrazine groups is 1. The van der Waals surface area contributed by atoms with Crippen molar-refractivity contribution in [3.63, 3.8) is 0 Å². The van der Waals surface area contributed by atoms with Gasteiger partial charge >= 0.3 is 0 Å². The summed E-state index contributed by atoms with van der Waals surface area (Å²) in [6.45, 7) is 1.81. The minimum Gasteiger partial charge on any atom is -0.338 e. The average Bonchev–Trinajstić information content (AvgIpc) is 2.37. The third-order valence-electron chi connectivity index (χ3n) is 2.58. The molecule has 0 bridgehead atoms. The largest absolute Gasteiger partial charge is 0.338 e. The van der Waals surface area contributed by atoms with Crippen LogP contribution < -0.4 is 11.3 Å². The van der Waals surface area contributed by atoms with Crippen LogP contribution >= 0.6 is 0 Å². The summed E-state index contributed by atoms with van der Waals surface area (Å²) in [6.07, 6.45) is 3.28. The second-order valence-electron chi connectivity index (χ2n) is 3.69. The van der Waals surface area contributed by atoms with E-state index in [0.717, 1.165) is 0 Å². The van der Waals surface area contributed by atoms with Gasteiger partial charge in [0.25, 0.3) is 5.91 Å². The van der Waals surface area contributed by atoms with Crippen molar-refractivity contribution >= 4 is 11.6 Å². The van der Waals surface area contributed by atoms with E-state index in [4.69, 9.17) is 11.1 Å². The Morgan fingerprint density at radius 1 is 1.76 bits per heavy atom. The van der Waals surface area contributed by atoms with E-state index in [-0.39, 0.29) is 18.4 Å². The molecule has 3 N–H and O–H groups in total. The summed E-state index contributed by atoms with van der Waals surface area (Å²) >= 11 is 0. The lowest BCUT2D eigenvalue weighted by Gasteiger charge is -2.23. The molecule has 90 valence electrons. The molecule has 0 aliphatic heterocycles. The highest BCUT2D eigenvalue weighted by molar-refractivity contribution is 5.99. The van der Waals surface area contributed by atoms with Gasteiger partial charge in [-0.1, -0.05) is 0 Å². The van der Waals surface area contributed by atoms with Gasteiger partial charge in [0.2, 0.25) is 0 Å². The maximum absolute atomic E-state index is 12.1. The van der Waals surface area contributed by atoms with E-state index in [9.17, 15) is 4.79 Å². The number of nitrogens with one attached hydrogen (secondary N) is 1. The number of rotatable bonds is 4. The normalized spacial score (nSPS) is 11.4. The Bertz CT molecular complexity index is 440. The molecule has 1 aromatic heterocycles. The molecule has 1 atom stereocenters. The molecule has 0 aliphatic carbocycles. The highest BCUT2D eigenvalue weighted by atomic mass is 16.2. The number of nitrogens with two attached hydrogens (primary N) is 1. The summed E-state index contributed by atoms with van der Waals surface area (Å²) in [7, 11) is 1.65. The first kappa shape index (κ1) is 12.9. The van der Waals surface area contributed by atoms with Crippen LogP contribution in [0.4, 0.5) is 5.69 Å². The van der Waals surface area contributed by atoms with Gasteiger partial charge in [-0.05, 0) is 13.0 Å². The molecule has 0 fully saturated rings. The Hall–Kier alpha value is -2.13. The fourth-order valence-corrected chi connectivity index (χ4v) is 1.35. The van der Waals surface area contributed by atoms with Crippen LogP contribution in [0, 0.1) is 11.3 Å². The summed E-state index contributed by atoms with van der Waals surface area (Å²) in [5.41, 5.74) is 3.36. The van der Waals surface area contributed by atoms with Crippen LogP contribution in [0.25, 0.3) is 0 Å². The second kappa shape index (κ2) is 5.82. The predicted octanol–water partition coefficient (Wildman–Crippen LogP) is 0.741. The number of hydrogen-bond acceptors (Lipinski definition) is 5.